The zero-order valence-corrected chi connectivity index (χ0v) is 13.5. The molecule has 0 unspecified atom stereocenters. The van der Waals surface area contributed by atoms with E-state index in [9.17, 15) is 9.59 Å². The van der Waals surface area contributed by atoms with Gasteiger partial charge in [-0.2, -0.15) is 0 Å². The second-order valence-electron chi connectivity index (χ2n) is 4.95. The lowest BCUT2D eigenvalue weighted by atomic mass is 10.2. The number of methoxy groups -OCH3 is 1. The summed E-state index contributed by atoms with van der Waals surface area (Å²) in [5, 5.41) is 2.74. The zero-order chi connectivity index (χ0) is 15.0. The average molecular weight is 324 g/mol. The standard InChI is InChI=1S/C13H25N3O4.ClH/c1-16(9-12(17)15-6-3-7-19-2)13(18)11-5-4-10(8-14)20-11;/h10-11H,3-9,14H2,1-2H3,(H,15,17);1H/t10-,11+;/m1./s1. The summed E-state index contributed by atoms with van der Waals surface area (Å²) in [5.74, 6) is -0.335. The maximum Gasteiger partial charge on any atom is 0.251 e. The minimum absolute atomic E-state index is 0. The van der Waals surface area contributed by atoms with Crippen LogP contribution < -0.4 is 11.1 Å². The highest BCUT2D eigenvalue weighted by Crippen LogP contribution is 2.20. The molecule has 7 nitrogen and oxygen atoms in total. The summed E-state index contributed by atoms with van der Waals surface area (Å²) in [6.07, 6.45) is 1.71. The van der Waals surface area contributed by atoms with Crippen molar-refractivity contribution in [3.63, 3.8) is 0 Å². The van der Waals surface area contributed by atoms with Gasteiger partial charge in [0.25, 0.3) is 5.91 Å². The number of carbonyl (C=O) groups excluding carboxylic acids is 2. The number of halogens is 1. The first-order valence-corrected chi connectivity index (χ1v) is 6.94. The minimum Gasteiger partial charge on any atom is -0.385 e. The molecule has 3 N–H and O–H groups in total. The smallest absolute Gasteiger partial charge is 0.251 e. The fourth-order valence-corrected chi connectivity index (χ4v) is 2.10. The monoisotopic (exact) mass is 323 g/mol. The van der Waals surface area contributed by atoms with Crippen molar-refractivity contribution in [2.24, 2.45) is 5.73 Å². The second-order valence-corrected chi connectivity index (χ2v) is 4.95. The molecule has 1 aliphatic heterocycles. The van der Waals surface area contributed by atoms with Crippen molar-refractivity contribution in [2.75, 3.05) is 40.4 Å². The molecule has 0 aromatic carbocycles. The molecule has 0 aliphatic carbocycles. The molecule has 0 aromatic heterocycles. The average Bonchev–Trinajstić information content (AvgIpc) is 2.91. The molecular formula is C13H26ClN3O4. The van der Waals surface area contributed by atoms with E-state index in [4.69, 9.17) is 15.2 Å². The first-order chi connectivity index (χ1) is 9.58. The minimum atomic E-state index is -0.463. The van der Waals surface area contributed by atoms with Crippen molar-refractivity contribution in [1.29, 1.82) is 0 Å². The number of carbonyl (C=O) groups is 2. The third kappa shape index (κ3) is 7.08. The Morgan fingerprint density at radius 3 is 2.71 bits per heavy atom. The summed E-state index contributed by atoms with van der Waals surface area (Å²) < 4.78 is 10.4. The van der Waals surface area contributed by atoms with Crippen LogP contribution in [-0.4, -0.2) is 69.3 Å². The van der Waals surface area contributed by atoms with Crippen LogP contribution >= 0.6 is 12.4 Å². The Labute approximate surface area is 131 Å². The van der Waals surface area contributed by atoms with E-state index in [1.54, 1.807) is 14.2 Å². The van der Waals surface area contributed by atoms with E-state index in [0.29, 0.717) is 26.1 Å². The fourth-order valence-electron chi connectivity index (χ4n) is 2.10. The van der Waals surface area contributed by atoms with Crippen molar-refractivity contribution in [2.45, 2.75) is 31.5 Å². The van der Waals surface area contributed by atoms with Crippen LogP contribution in [0.4, 0.5) is 0 Å². The van der Waals surface area contributed by atoms with Crippen molar-refractivity contribution in [1.82, 2.24) is 10.2 Å². The van der Waals surface area contributed by atoms with Gasteiger partial charge >= 0.3 is 0 Å². The molecule has 0 bridgehead atoms. The predicted octanol–water partition coefficient (Wildman–Crippen LogP) is -0.474. The second kappa shape index (κ2) is 10.8. The summed E-state index contributed by atoms with van der Waals surface area (Å²) in [4.78, 5) is 25.1. The Balaban J connectivity index is 0.00000400. The van der Waals surface area contributed by atoms with Gasteiger partial charge in [0.2, 0.25) is 5.91 Å². The molecule has 1 rings (SSSR count). The molecule has 1 aliphatic rings. The quantitative estimate of drug-likeness (QED) is 0.589. The molecule has 21 heavy (non-hydrogen) atoms. The van der Waals surface area contributed by atoms with E-state index in [-0.39, 0.29) is 36.9 Å². The van der Waals surface area contributed by atoms with E-state index < -0.39 is 6.10 Å². The Kier molecular flexibility index (Phi) is 10.3. The molecular weight excluding hydrogens is 298 g/mol. The van der Waals surface area contributed by atoms with Gasteiger partial charge < -0.3 is 25.4 Å². The van der Waals surface area contributed by atoms with Gasteiger partial charge in [-0.15, -0.1) is 12.4 Å². The van der Waals surface area contributed by atoms with Gasteiger partial charge in [-0.1, -0.05) is 0 Å². The highest BCUT2D eigenvalue weighted by molar-refractivity contribution is 5.87. The maximum absolute atomic E-state index is 12.1. The molecule has 124 valence electrons. The molecule has 2 atom stereocenters. The Hall–Kier alpha value is -0.890. The highest BCUT2D eigenvalue weighted by Gasteiger charge is 2.32. The number of ether oxygens (including phenoxy) is 2. The predicted molar refractivity (Wildman–Crippen MR) is 81.3 cm³/mol. The molecule has 0 spiro atoms. The first-order valence-electron chi connectivity index (χ1n) is 6.94. The Morgan fingerprint density at radius 2 is 2.14 bits per heavy atom. The van der Waals surface area contributed by atoms with E-state index in [2.05, 4.69) is 5.32 Å². The molecule has 0 aromatic rings. The molecule has 1 heterocycles. The van der Waals surface area contributed by atoms with Crippen LogP contribution in [0.3, 0.4) is 0 Å². The summed E-state index contributed by atoms with van der Waals surface area (Å²) >= 11 is 0. The number of nitrogens with two attached hydrogens (primary N) is 1. The first kappa shape index (κ1) is 20.1. The molecule has 0 radical (unpaired) electrons. The number of likely N-dealkylation sites (N-methyl/N-ethyl adjacent to an activating group) is 1. The lowest BCUT2D eigenvalue weighted by Gasteiger charge is -2.20. The van der Waals surface area contributed by atoms with E-state index >= 15 is 0 Å². The number of hydrogen-bond donors (Lipinski definition) is 2. The summed E-state index contributed by atoms with van der Waals surface area (Å²) in [5.41, 5.74) is 5.51. The van der Waals surface area contributed by atoms with E-state index in [0.717, 1.165) is 12.8 Å². The van der Waals surface area contributed by atoms with Crippen molar-refractivity contribution < 1.29 is 19.1 Å². The van der Waals surface area contributed by atoms with Gasteiger partial charge in [-0.25, -0.2) is 0 Å². The fraction of sp³-hybridized carbons (Fsp3) is 0.846. The zero-order valence-electron chi connectivity index (χ0n) is 12.7. The van der Waals surface area contributed by atoms with Crippen molar-refractivity contribution in [3.8, 4) is 0 Å². The van der Waals surface area contributed by atoms with E-state index in [1.165, 1.54) is 4.90 Å². The molecule has 2 amide bonds. The summed E-state index contributed by atoms with van der Waals surface area (Å²) in [6.45, 7) is 1.61. The van der Waals surface area contributed by atoms with Gasteiger partial charge in [0.1, 0.15) is 6.10 Å². The third-order valence-corrected chi connectivity index (χ3v) is 3.25. The van der Waals surface area contributed by atoms with E-state index in [1.807, 2.05) is 0 Å². The van der Waals surface area contributed by atoms with Gasteiger partial charge in [0.15, 0.2) is 0 Å². The van der Waals surface area contributed by atoms with Crippen molar-refractivity contribution >= 4 is 24.2 Å². The van der Waals surface area contributed by atoms with Gasteiger partial charge in [-0.05, 0) is 19.3 Å². The van der Waals surface area contributed by atoms with Crippen LogP contribution in [0.2, 0.25) is 0 Å². The van der Waals surface area contributed by atoms with Crippen LogP contribution in [0.15, 0.2) is 0 Å². The number of nitrogens with zero attached hydrogens (tertiary/aromatic N) is 1. The third-order valence-electron chi connectivity index (χ3n) is 3.25. The maximum atomic E-state index is 12.1. The Bertz CT molecular complexity index is 331. The molecule has 8 heteroatoms. The van der Waals surface area contributed by atoms with Gasteiger partial charge in [0.05, 0.1) is 12.6 Å². The van der Waals surface area contributed by atoms with Crippen LogP contribution in [-0.2, 0) is 19.1 Å². The Morgan fingerprint density at radius 1 is 1.43 bits per heavy atom. The van der Waals surface area contributed by atoms with Crippen molar-refractivity contribution in [3.05, 3.63) is 0 Å². The van der Waals surface area contributed by atoms with Gasteiger partial charge in [0, 0.05) is 33.9 Å². The molecule has 1 fully saturated rings. The topological polar surface area (TPSA) is 93.9 Å². The highest BCUT2D eigenvalue weighted by atomic mass is 35.5. The normalized spacial score (nSPS) is 20.7. The number of nitrogens with one attached hydrogen (secondary N) is 1. The number of rotatable bonds is 8. The lowest BCUT2D eigenvalue weighted by molar-refractivity contribution is -0.144. The van der Waals surface area contributed by atoms with Crippen LogP contribution in [0.5, 0.6) is 0 Å². The summed E-state index contributed by atoms with van der Waals surface area (Å²) in [7, 11) is 3.22. The largest absolute Gasteiger partial charge is 0.385 e. The lowest BCUT2D eigenvalue weighted by Crippen LogP contribution is -2.43. The molecule has 0 saturated carbocycles. The van der Waals surface area contributed by atoms with Gasteiger partial charge in [-0.3, -0.25) is 9.59 Å². The number of amides is 2. The van der Waals surface area contributed by atoms with Crippen LogP contribution in [0.25, 0.3) is 0 Å². The number of hydrogen-bond acceptors (Lipinski definition) is 5. The van der Waals surface area contributed by atoms with Crippen LogP contribution in [0, 0.1) is 0 Å². The van der Waals surface area contributed by atoms with Crippen LogP contribution in [0.1, 0.15) is 19.3 Å². The molecule has 1 saturated heterocycles. The SMILES string of the molecule is COCCCNC(=O)CN(C)C(=O)[C@@H]1CC[C@H](CN)O1.Cl. The summed E-state index contributed by atoms with van der Waals surface area (Å²) in [6, 6.07) is 0.